The topological polar surface area (TPSA) is 68.3 Å². The van der Waals surface area contributed by atoms with Gasteiger partial charge >= 0.3 is 0 Å². The van der Waals surface area contributed by atoms with E-state index in [1.54, 1.807) is 0 Å². The van der Waals surface area contributed by atoms with Gasteiger partial charge in [0.05, 0.1) is 0 Å². The molecular weight excluding hydrogens is 344 g/mol. The van der Waals surface area contributed by atoms with Gasteiger partial charge in [-0.05, 0) is 6.42 Å². The van der Waals surface area contributed by atoms with E-state index in [1.165, 1.54) is 65.2 Å². The molecule has 0 aromatic rings. The van der Waals surface area contributed by atoms with Gasteiger partial charge in [-0.2, -0.15) is 0 Å². The first-order chi connectivity index (χ1) is 11.3. The molecule has 0 saturated heterocycles. The molecule has 0 saturated carbocycles. The molecule has 0 rings (SSSR count). The number of sulfone groups is 2. The Morgan fingerprint density at radius 2 is 0.875 bits per heavy atom. The molecular formula is C18H38O4S2. The van der Waals surface area contributed by atoms with E-state index in [1.807, 2.05) is 0 Å². The molecule has 0 N–H and O–H groups in total. The zero-order valence-corrected chi connectivity index (χ0v) is 17.6. The minimum atomic E-state index is -3.53. The molecule has 0 aliphatic heterocycles. The van der Waals surface area contributed by atoms with Crippen molar-refractivity contribution >= 4 is 19.7 Å². The van der Waals surface area contributed by atoms with E-state index in [4.69, 9.17) is 0 Å². The van der Waals surface area contributed by atoms with Crippen molar-refractivity contribution in [2.75, 3.05) is 11.5 Å². The summed E-state index contributed by atoms with van der Waals surface area (Å²) < 4.78 is 47.0. The number of hydrogen-bond acceptors (Lipinski definition) is 4. The maximum absolute atomic E-state index is 12.0. The van der Waals surface area contributed by atoms with Crippen LogP contribution in [0.5, 0.6) is 0 Å². The standard InChI is InChI=1S/C18H38O4S2/c1-4-7-8-9-10-11-12-13-14-15-16-17-18(23(19,20)5-2)24(21,22)6-3/h18H,4-17H2,1-3H3. The van der Waals surface area contributed by atoms with Crippen molar-refractivity contribution in [1.29, 1.82) is 0 Å². The Bertz CT molecular complexity index is 461. The Labute approximate surface area is 150 Å². The molecule has 0 radical (unpaired) electrons. The number of unbranched alkanes of at least 4 members (excludes halogenated alkanes) is 10. The third-order valence-corrected chi connectivity index (χ3v) is 10.1. The van der Waals surface area contributed by atoms with Crippen molar-refractivity contribution in [2.45, 2.75) is 102 Å². The van der Waals surface area contributed by atoms with E-state index < -0.39 is 24.3 Å². The number of rotatable bonds is 16. The van der Waals surface area contributed by atoms with Crippen LogP contribution in [0.3, 0.4) is 0 Å². The van der Waals surface area contributed by atoms with E-state index >= 15 is 0 Å². The fourth-order valence-electron chi connectivity index (χ4n) is 2.93. The Morgan fingerprint density at radius 1 is 0.542 bits per heavy atom. The summed E-state index contributed by atoms with van der Waals surface area (Å²) in [6.45, 7) is 5.27. The van der Waals surface area contributed by atoms with Crippen molar-refractivity contribution in [1.82, 2.24) is 0 Å². The van der Waals surface area contributed by atoms with Crippen LogP contribution in [0.2, 0.25) is 0 Å². The smallest absolute Gasteiger partial charge is 0.167 e. The van der Waals surface area contributed by atoms with Gasteiger partial charge in [0.1, 0.15) is 0 Å². The highest BCUT2D eigenvalue weighted by Gasteiger charge is 2.34. The largest absolute Gasteiger partial charge is 0.228 e. The zero-order chi connectivity index (χ0) is 18.5. The SMILES string of the molecule is CCCCCCCCCCCCCC(S(=O)(=O)CC)S(=O)(=O)CC. The highest BCUT2D eigenvalue weighted by atomic mass is 32.3. The second kappa shape index (κ2) is 13.2. The third kappa shape index (κ3) is 10.0. The van der Waals surface area contributed by atoms with Crippen LogP contribution in [0, 0.1) is 0 Å². The fraction of sp³-hybridized carbons (Fsp3) is 1.00. The van der Waals surface area contributed by atoms with Gasteiger partial charge in [-0.15, -0.1) is 0 Å². The normalized spacial score (nSPS) is 12.8. The maximum Gasteiger partial charge on any atom is 0.167 e. The first-order valence-corrected chi connectivity index (χ1v) is 13.2. The van der Waals surface area contributed by atoms with Gasteiger partial charge in [0.2, 0.25) is 0 Å². The first kappa shape index (κ1) is 23.9. The first-order valence-electron chi connectivity index (χ1n) is 9.74. The zero-order valence-electron chi connectivity index (χ0n) is 15.9. The molecule has 0 aliphatic rings. The van der Waals surface area contributed by atoms with E-state index in [2.05, 4.69) is 6.92 Å². The molecule has 24 heavy (non-hydrogen) atoms. The lowest BCUT2D eigenvalue weighted by Crippen LogP contribution is -2.33. The molecule has 146 valence electrons. The van der Waals surface area contributed by atoms with Gasteiger partial charge in [0.15, 0.2) is 24.3 Å². The van der Waals surface area contributed by atoms with E-state index in [-0.39, 0.29) is 17.9 Å². The Kier molecular flexibility index (Phi) is 13.1. The molecule has 0 aliphatic carbocycles. The van der Waals surface area contributed by atoms with Gasteiger partial charge in [-0.25, -0.2) is 16.8 Å². The van der Waals surface area contributed by atoms with Gasteiger partial charge in [0.25, 0.3) is 0 Å². The predicted molar refractivity (Wildman–Crippen MR) is 104 cm³/mol. The summed E-state index contributed by atoms with van der Waals surface area (Å²) in [5.74, 6) is -0.205. The summed E-state index contributed by atoms with van der Waals surface area (Å²) >= 11 is 0. The van der Waals surface area contributed by atoms with Gasteiger partial charge in [-0.3, -0.25) is 0 Å². The summed E-state index contributed by atoms with van der Waals surface area (Å²) in [7, 11) is -7.06. The van der Waals surface area contributed by atoms with E-state index in [0.29, 0.717) is 6.42 Å². The highest BCUT2D eigenvalue weighted by Crippen LogP contribution is 2.20. The average molecular weight is 383 g/mol. The van der Waals surface area contributed by atoms with Crippen LogP contribution in [0.15, 0.2) is 0 Å². The third-order valence-electron chi connectivity index (χ3n) is 4.65. The van der Waals surface area contributed by atoms with Crippen LogP contribution < -0.4 is 0 Å². The summed E-state index contributed by atoms with van der Waals surface area (Å²) in [4.78, 5) is 0. The molecule has 0 unspecified atom stereocenters. The molecule has 4 nitrogen and oxygen atoms in total. The lowest BCUT2D eigenvalue weighted by molar-refractivity contribution is 0.537. The van der Waals surface area contributed by atoms with Crippen molar-refractivity contribution < 1.29 is 16.8 Å². The molecule has 0 bridgehead atoms. The molecule has 0 aromatic heterocycles. The highest BCUT2D eigenvalue weighted by molar-refractivity contribution is 8.09. The maximum atomic E-state index is 12.0. The summed E-state index contributed by atoms with van der Waals surface area (Å²) in [6.07, 6.45) is 13.2. The van der Waals surface area contributed by atoms with E-state index in [9.17, 15) is 16.8 Å². The molecule has 0 heterocycles. The van der Waals surface area contributed by atoms with Crippen LogP contribution in [0.4, 0.5) is 0 Å². The van der Waals surface area contributed by atoms with Crippen LogP contribution >= 0.6 is 0 Å². The monoisotopic (exact) mass is 382 g/mol. The fourth-order valence-corrected chi connectivity index (χ4v) is 7.33. The minimum absolute atomic E-state index is 0.102. The van der Waals surface area contributed by atoms with Gasteiger partial charge in [0, 0.05) is 11.5 Å². The predicted octanol–water partition coefficient (Wildman–Crippen LogP) is 4.88. The molecule has 0 atom stereocenters. The summed E-state index contributed by atoms with van der Waals surface area (Å²) in [5.41, 5.74) is 0. The van der Waals surface area contributed by atoms with Gasteiger partial charge in [-0.1, -0.05) is 91.4 Å². The van der Waals surface area contributed by atoms with Crippen molar-refractivity contribution in [3.63, 3.8) is 0 Å². The minimum Gasteiger partial charge on any atom is -0.228 e. The molecule has 0 fully saturated rings. The van der Waals surface area contributed by atoms with Crippen LogP contribution in [0.25, 0.3) is 0 Å². The number of hydrogen-bond donors (Lipinski definition) is 0. The summed E-state index contributed by atoms with van der Waals surface area (Å²) in [5, 5.41) is 0. The van der Waals surface area contributed by atoms with Crippen LogP contribution in [0.1, 0.15) is 97.8 Å². The summed E-state index contributed by atoms with van der Waals surface area (Å²) in [6, 6.07) is 0. The molecule has 0 spiro atoms. The second-order valence-electron chi connectivity index (χ2n) is 6.66. The van der Waals surface area contributed by atoms with Gasteiger partial charge < -0.3 is 0 Å². The van der Waals surface area contributed by atoms with Crippen molar-refractivity contribution in [2.24, 2.45) is 0 Å². The Hall–Kier alpha value is -0.100. The molecule has 0 amide bonds. The second-order valence-corrected chi connectivity index (χ2v) is 11.9. The Morgan fingerprint density at radius 3 is 1.21 bits per heavy atom. The lowest BCUT2D eigenvalue weighted by atomic mass is 10.1. The molecule has 6 heteroatoms. The quantitative estimate of drug-likeness (QED) is 0.357. The van der Waals surface area contributed by atoms with Crippen molar-refractivity contribution in [3.05, 3.63) is 0 Å². The van der Waals surface area contributed by atoms with Crippen LogP contribution in [-0.4, -0.2) is 32.9 Å². The van der Waals surface area contributed by atoms with E-state index in [0.717, 1.165) is 12.8 Å². The average Bonchev–Trinajstić information content (AvgIpc) is 2.55. The lowest BCUT2D eigenvalue weighted by Gasteiger charge is -2.16. The Balaban J connectivity index is 3.95. The van der Waals surface area contributed by atoms with Crippen molar-refractivity contribution in [3.8, 4) is 0 Å². The molecule has 0 aromatic carbocycles. The van der Waals surface area contributed by atoms with Crippen LogP contribution in [-0.2, 0) is 19.7 Å².